The maximum Gasteiger partial charge on any atom is 0.226 e. The van der Waals surface area contributed by atoms with Gasteiger partial charge in [0.2, 0.25) is 11.9 Å². The van der Waals surface area contributed by atoms with Crippen LogP contribution in [0.1, 0.15) is 41.6 Å². The second kappa shape index (κ2) is 8.31. The third kappa shape index (κ3) is 4.62. The zero-order valence-corrected chi connectivity index (χ0v) is 16.4. The molecular weight excluding hydrogens is 362 g/mol. The van der Waals surface area contributed by atoms with E-state index in [0.29, 0.717) is 12.3 Å². The lowest BCUT2D eigenvalue weighted by Crippen LogP contribution is -2.38. The summed E-state index contributed by atoms with van der Waals surface area (Å²) in [5.41, 5.74) is 1.95. The Bertz CT molecular complexity index is 790. The third-order valence-corrected chi connectivity index (χ3v) is 5.97. The molecule has 0 spiro atoms. The van der Waals surface area contributed by atoms with Gasteiger partial charge < -0.3 is 15.0 Å². The van der Waals surface area contributed by atoms with Crippen LogP contribution in [0, 0.1) is 6.92 Å². The van der Waals surface area contributed by atoms with E-state index in [2.05, 4.69) is 20.2 Å². The molecule has 1 atom stereocenters. The van der Waals surface area contributed by atoms with Gasteiger partial charge in [0.15, 0.2) is 0 Å². The molecule has 8 heteroatoms. The number of anilines is 1. The van der Waals surface area contributed by atoms with Gasteiger partial charge in [-0.2, -0.15) is 0 Å². The number of aryl methyl sites for hydroxylation is 1. The average molecular weight is 388 g/mol. The number of hydrogen-bond acceptors (Lipinski definition) is 7. The van der Waals surface area contributed by atoms with E-state index in [4.69, 9.17) is 9.72 Å². The first-order valence-corrected chi connectivity index (χ1v) is 10.4. The minimum atomic E-state index is 0.0315. The lowest BCUT2D eigenvalue weighted by Gasteiger charge is -2.23. The number of nitrogens with one attached hydrogen (secondary N) is 1. The molecule has 2 aliphatic heterocycles. The van der Waals surface area contributed by atoms with Crippen LogP contribution in [-0.2, 0) is 16.0 Å². The van der Waals surface area contributed by atoms with Crippen LogP contribution >= 0.6 is 11.3 Å². The standard InChI is InChI=1S/C19H25N5O2S/c1-13-21-16(12-27-13)10-18(25)22-15-3-7-24(11-15)19-20-6-2-17(23-19)14-4-8-26-9-5-14/h2,6,12,14-15H,3-5,7-11H2,1H3,(H,22,25). The van der Waals surface area contributed by atoms with Crippen molar-refractivity contribution in [1.82, 2.24) is 20.3 Å². The minimum absolute atomic E-state index is 0.0315. The molecule has 0 radical (unpaired) electrons. The molecular formula is C19H25N5O2S. The maximum atomic E-state index is 12.3. The van der Waals surface area contributed by atoms with Crippen LogP contribution < -0.4 is 10.2 Å². The summed E-state index contributed by atoms with van der Waals surface area (Å²) in [6, 6.07) is 2.15. The first-order valence-electron chi connectivity index (χ1n) is 9.53. The van der Waals surface area contributed by atoms with Crippen molar-refractivity contribution in [2.75, 3.05) is 31.2 Å². The molecule has 0 aromatic carbocycles. The zero-order valence-electron chi connectivity index (χ0n) is 15.6. The number of thiazole rings is 1. The summed E-state index contributed by atoms with van der Waals surface area (Å²) in [5, 5.41) is 6.07. The summed E-state index contributed by atoms with van der Waals surface area (Å²) < 4.78 is 5.45. The summed E-state index contributed by atoms with van der Waals surface area (Å²) in [6.07, 6.45) is 5.14. The fraction of sp³-hybridized carbons (Fsp3) is 0.579. The van der Waals surface area contributed by atoms with Crippen LogP contribution in [0.2, 0.25) is 0 Å². The molecule has 4 heterocycles. The Hall–Kier alpha value is -2.06. The van der Waals surface area contributed by atoms with Crippen molar-refractivity contribution < 1.29 is 9.53 Å². The van der Waals surface area contributed by atoms with E-state index in [1.807, 2.05) is 24.6 Å². The van der Waals surface area contributed by atoms with Gasteiger partial charge in [-0.15, -0.1) is 11.3 Å². The molecule has 2 fully saturated rings. The van der Waals surface area contributed by atoms with Crippen molar-refractivity contribution >= 4 is 23.2 Å². The second-order valence-electron chi connectivity index (χ2n) is 7.20. The number of amides is 1. The highest BCUT2D eigenvalue weighted by Gasteiger charge is 2.27. The molecule has 1 N–H and O–H groups in total. The average Bonchev–Trinajstić information content (AvgIpc) is 3.31. The minimum Gasteiger partial charge on any atom is -0.381 e. The van der Waals surface area contributed by atoms with Crippen molar-refractivity contribution in [3.05, 3.63) is 34.0 Å². The Morgan fingerprint density at radius 1 is 1.33 bits per heavy atom. The fourth-order valence-electron chi connectivity index (χ4n) is 3.73. The van der Waals surface area contributed by atoms with Gasteiger partial charge in [-0.05, 0) is 32.3 Å². The molecule has 7 nitrogen and oxygen atoms in total. The largest absolute Gasteiger partial charge is 0.381 e. The van der Waals surface area contributed by atoms with Gasteiger partial charge >= 0.3 is 0 Å². The van der Waals surface area contributed by atoms with Crippen molar-refractivity contribution in [2.24, 2.45) is 0 Å². The van der Waals surface area contributed by atoms with Gasteiger partial charge in [0.1, 0.15) is 0 Å². The molecule has 27 heavy (non-hydrogen) atoms. The highest BCUT2D eigenvalue weighted by molar-refractivity contribution is 7.09. The van der Waals surface area contributed by atoms with Crippen molar-refractivity contribution in [3.8, 4) is 0 Å². The first-order chi connectivity index (χ1) is 13.2. The van der Waals surface area contributed by atoms with Crippen molar-refractivity contribution in [3.63, 3.8) is 0 Å². The van der Waals surface area contributed by atoms with Gasteiger partial charge in [0.05, 0.1) is 17.1 Å². The Labute approximate surface area is 163 Å². The van der Waals surface area contributed by atoms with Crippen molar-refractivity contribution in [2.45, 2.75) is 44.6 Å². The number of ether oxygens (including phenoxy) is 1. The van der Waals surface area contributed by atoms with Crippen LogP contribution in [0.5, 0.6) is 0 Å². The molecule has 1 amide bonds. The van der Waals surface area contributed by atoms with Gasteiger partial charge in [0.25, 0.3) is 0 Å². The Kier molecular flexibility index (Phi) is 5.63. The highest BCUT2D eigenvalue weighted by atomic mass is 32.1. The molecule has 2 aromatic rings. The summed E-state index contributed by atoms with van der Waals surface area (Å²) in [5.74, 6) is 1.26. The van der Waals surface area contributed by atoms with Gasteiger partial charge in [-0.1, -0.05) is 0 Å². The number of rotatable bonds is 5. The van der Waals surface area contributed by atoms with Crippen LogP contribution in [0.3, 0.4) is 0 Å². The molecule has 0 saturated carbocycles. The SMILES string of the molecule is Cc1nc(CC(=O)NC2CCN(c3nccc(C4CCOCC4)n3)C2)cs1. The molecule has 2 aromatic heterocycles. The molecule has 0 bridgehead atoms. The van der Waals surface area contributed by atoms with E-state index in [1.54, 1.807) is 11.3 Å². The Morgan fingerprint density at radius 2 is 2.19 bits per heavy atom. The predicted molar refractivity (Wildman–Crippen MR) is 104 cm³/mol. The zero-order chi connectivity index (χ0) is 18.6. The van der Waals surface area contributed by atoms with Gasteiger partial charge in [0, 0.05) is 55.5 Å². The van der Waals surface area contributed by atoms with Crippen molar-refractivity contribution in [1.29, 1.82) is 0 Å². The van der Waals surface area contributed by atoms with Crippen LogP contribution in [0.4, 0.5) is 5.95 Å². The number of carbonyl (C=O) groups excluding carboxylic acids is 1. The summed E-state index contributed by atoms with van der Waals surface area (Å²) in [4.78, 5) is 28.1. The van der Waals surface area contributed by atoms with Crippen LogP contribution in [-0.4, -0.2) is 53.2 Å². The van der Waals surface area contributed by atoms with Gasteiger partial charge in [-0.3, -0.25) is 4.79 Å². The normalized spacial score (nSPS) is 20.8. The Morgan fingerprint density at radius 3 is 2.96 bits per heavy atom. The number of carbonyl (C=O) groups is 1. The van der Waals surface area contributed by atoms with Gasteiger partial charge in [-0.25, -0.2) is 15.0 Å². The fourth-order valence-corrected chi connectivity index (χ4v) is 4.34. The smallest absolute Gasteiger partial charge is 0.226 e. The quantitative estimate of drug-likeness (QED) is 0.846. The third-order valence-electron chi connectivity index (χ3n) is 5.15. The van der Waals surface area contributed by atoms with E-state index in [9.17, 15) is 4.79 Å². The lowest BCUT2D eigenvalue weighted by molar-refractivity contribution is -0.121. The molecule has 144 valence electrons. The number of hydrogen-bond donors (Lipinski definition) is 1. The van der Waals surface area contributed by atoms with E-state index >= 15 is 0 Å². The van der Waals surface area contributed by atoms with Crippen LogP contribution in [0.15, 0.2) is 17.6 Å². The molecule has 1 unspecified atom stereocenters. The Balaban J connectivity index is 1.33. The van der Waals surface area contributed by atoms with E-state index in [0.717, 1.165) is 67.9 Å². The molecule has 2 saturated heterocycles. The molecule has 2 aliphatic rings. The van der Waals surface area contributed by atoms with E-state index in [-0.39, 0.29) is 11.9 Å². The summed E-state index contributed by atoms with van der Waals surface area (Å²) >= 11 is 1.58. The first kappa shape index (κ1) is 18.3. The predicted octanol–water partition coefficient (Wildman–Crippen LogP) is 2.07. The lowest BCUT2D eigenvalue weighted by atomic mass is 9.96. The summed E-state index contributed by atoms with van der Waals surface area (Å²) in [7, 11) is 0. The molecule has 4 rings (SSSR count). The second-order valence-corrected chi connectivity index (χ2v) is 8.26. The number of aromatic nitrogens is 3. The maximum absolute atomic E-state index is 12.3. The monoisotopic (exact) mass is 387 g/mol. The van der Waals surface area contributed by atoms with E-state index in [1.165, 1.54) is 0 Å². The number of nitrogens with zero attached hydrogens (tertiary/aromatic N) is 4. The summed E-state index contributed by atoms with van der Waals surface area (Å²) in [6.45, 7) is 5.17. The topological polar surface area (TPSA) is 80.2 Å². The van der Waals surface area contributed by atoms with E-state index < -0.39 is 0 Å². The van der Waals surface area contributed by atoms with Crippen LogP contribution in [0.25, 0.3) is 0 Å². The molecule has 0 aliphatic carbocycles. The highest BCUT2D eigenvalue weighted by Crippen LogP contribution is 2.26.